The van der Waals surface area contributed by atoms with Crippen molar-refractivity contribution in [3.63, 3.8) is 0 Å². The van der Waals surface area contributed by atoms with Crippen LogP contribution in [0.2, 0.25) is 5.02 Å². The van der Waals surface area contributed by atoms with Crippen LogP contribution in [0.15, 0.2) is 69.9 Å². The van der Waals surface area contributed by atoms with Gasteiger partial charge in [0.05, 0.1) is 5.39 Å². The van der Waals surface area contributed by atoms with Gasteiger partial charge in [-0.25, -0.2) is 0 Å². The number of aryl methyl sites for hydroxylation is 2. The summed E-state index contributed by atoms with van der Waals surface area (Å²) >= 11 is 6.17. The van der Waals surface area contributed by atoms with Gasteiger partial charge in [-0.15, -0.1) is 0 Å². The highest BCUT2D eigenvalue weighted by Gasteiger charge is 2.13. The molecule has 28 heavy (non-hydrogen) atoms. The molecule has 0 saturated heterocycles. The SMILES string of the molecule is CCn1c2ccccc2c2cc(-c3cc(=O)c4cc(Cl)c(C)cc4o3)ccc21. The maximum atomic E-state index is 12.6. The summed E-state index contributed by atoms with van der Waals surface area (Å²) in [5.74, 6) is 0.564. The second-order valence-corrected chi connectivity index (χ2v) is 7.47. The molecule has 0 atom stereocenters. The van der Waals surface area contributed by atoms with E-state index in [1.807, 2.05) is 19.1 Å². The molecule has 3 aromatic carbocycles. The van der Waals surface area contributed by atoms with E-state index >= 15 is 0 Å². The summed E-state index contributed by atoms with van der Waals surface area (Å²) in [4.78, 5) is 12.6. The van der Waals surface area contributed by atoms with E-state index in [0.717, 1.165) is 23.1 Å². The largest absolute Gasteiger partial charge is 0.456 e. The Morgan fingerprint density at radius 3 is 2.54 bits per heavy atom. The molecular weight excluding hydrogens is 370 g/mol. The van der Waals surface area contributed by atoms with Gasteiger partial charge in [0.1, 0.15) is 11.3 Å². The highest BCUT2D eigenvalue weighted by molar-refractivity contribution is 6.32. The zero-order valence-electron chi connectivity index (χ0n) is 15.6. The Morgan fingerprint density at radius 1 is 0.929 bits per heavy atom. The van der Waals surface area contributed by atoms with Crippen molar-refractivity contribution in [2.24, 2.45) is 0 Å². The van der Waals surface area contributed by atoms with Gasteiger partial charge in [-0.05, 0) is 55.8 Å². The van der Waals surface area contributed by atoms with Crippen LogP contribution >= 0.6 is 11.6 Å². The van der Waals surface area contributed by atoms with Gasteiger partial charge in [0.25, 0.3) is 0 Å². The minimum Gasteiger partial charge on any atom is -0.456 e. The first-order valence-electron chi connectivity index (χ1n) is 9.32. The molecule has 4 heteroatoms. The summed E-state index contributed by atoms with van der Waals surface area (Å²) in [5, 5.41) is 3.43. The van der Waals surface area contributed by atoms with Crippen molar-refractivity contribution in [3.8, 4) is 11.3 Å². The minimum absolute atomic E-state index is 0.0887. The molecule has 2 aromatic heterocycles. The van der Waals surface area contributed by atoms with Crippen molar-refractivity contribution in [1.29, 1.82) is 0 Å². The maximum absolute atomic E-state index is 12.6. The van der Waals surface area contributed by atoms with Crippen molar-refractivity contribution in [2.75, 3.05) is 0 Å². The maximum Gasteiger partial charge on any atom is 0.193 e. The molecule has 138 valence electrons. The van der Waals surface area contributed by atoms with Crippen LogP contribution in [-0.2, 0) is 6.54 Å². The van der Waals surface area contributed by atoms with Crippen molar-refractivity contribution < 1.29 is 4.42 Å². The number of nitrogens with zero attached hydrogens (tertiary/aromatic N) is 1. The molecule has 0 bridgehead atoms. The molecule has 0 amide bonds. The number of hydrogen-bond donors (Lipinski definition) is 0. The first-order chi connectivity index (χ1) is 13.6. The predicted octanol–water partition coefficient (Wildman–Crippen LogP) is 6.55. The van der Waals surface area contributed by atoms with Crippen LogP contribution in [-0.4, -0.2) is 4.57 Å². The lowest BCUT2D eigenvalue weighted by molar-refractivity contribution is 0.618. The highest BCUT2D eigenvalue weighted by Crippen LogP contribution is 2.33. The van der Waals surface area contributed by atoms with Crippen LogP contribution in [0, 0.1) is 6.92 Å². The third-order valence-corrected chi connectivity index (χ3v) is 5.79. The van der Waals surface area contributed by atoms with Gasteiger partial charge in [-0.2, -0.15) is 0 Å². The van der Waals surface area contributed by atoms with Gasteiger partial charge in [0.2, 0.25) is 0 Å². The van der Waals surface area contributed by atoms with E-state index in [4.69, 9.17) is 16.0 Å². The van der Waals surface area contributed by atoms with Crippen LogP contribution in [0.25, 0.3) is 44.1 Å². The zero-order chi connectivity index (χ0) is 19.4. The Balaban J connectivity index is 1.79. The third-order valence-electron chi connectivity index (χ3n) is 5.38. The minimum atomic E-state index is -0.0887. The van der Waals surface area contributed by atoms with Gasteiger partial charge in [-0.3, -0.25) is 4.79 Å². The van der Waals surface area contributed by atoms with Crippen molar-refractivity contribution in [1.82, 2.24) is 4.57 Å². The summed E-state index contributed by atoms with van der Waals surface area (Å²) in [5.41, 5.74) is 4.63. The molecule has 5 aromatic rings. The first kappa shape index (κ1) is 17.1. The normalized spacial score (nSPS) is 11.7. The van der Waals surface area contributed by atoms with Crippen LogP contribution in [0.3, 0.4) is 0 Å². The smallest absolute Gasteiger partial charge is 0.193 e. The summed E-state index contributed by atoms with van der Waals surface area (Å²) in [6, 6.07) is 19.7. The average Bonchev–Trinajstić information content (AvgIpc) is 3.02. The van der Waals surface area contributed by atoms with E-state index in [-0.39, 0.29) is 5.43 Å². The van der Waals surface area contributed by atoms with Crippen LogP contribution in [0.1, 0.15) is 12.5 Å². The first-order valence-corrected chi connectivity index (χ1v) is 9.70. The zero-order valence-corrected chi connectivity index (χ0v) is 16.4. The summed E-state index contributed by atoms with van der Waals surface area (Å²) in [6.07, 6.45) is 0. The number of aromatic nitrogens is 1. The number of para-hydroxylation sites is 1. The van der Waals surface area contributed by atoms with E-state index in [2.05, 4.69) is 47.9 Å². The standard InChI is InChI=1S/C24H18ClNO2/c1-3-26-20-7-5-4-6-16(20)17-11-15(8-9-21(17)26)23-13-22(27)18-12-19(25)14(2)10-24(18)28-23/h4-13H,3H2,1-2H3. The Morgan fingerprint density at radius 2 is 1.71 bits per heavy atom. The Kier molecular flexibility index (Phi) is 3.81. The number of benzene rings is 3. The summed E-state index contributed by atoms with van der Waals surface area (Å²) < 4.78 is 8.40. The fraction of sp³-hybridized carbons (Fsp3) is 0.125. The second-order valence-electron chi connectivity index (χ2n) is 7.07. The lowest BCUT2D eigenvalue weighted by Crippen LogP contribution is -2.01. The molecular formula is C24H18ClNO2. The van der Waals surface area contributed by atoms with Crippen molar-refractivity contribution in [2.45, 2.75) is 20.4 Å². The van der Waals surface area contributed by atoms with Gasteiger partial charge < -0.3 is 8.98 Å². The number of rotatable bonds is 2. The fourth-order valence-corrected chi connectivity index (χ4v) is 4.13. The third kappa shape index (κ3) is 2.47. The monoisotopic (exact) mass is 387 g/mol. The van der Waals surface area contributed by atoms with Crippen LogP contribution < -0.4 is 5.43 Å². The Hall–Kier alpha value is -3.04. The molecule has 0 aliphatic carbocycles. The van der Waals surface area contributed by atoms with Gasteiger partial charge in [0.15, 0.2) is 5.43 Å². The summed E-state index contributed by atoms with van der Waals surface area (Å²) in [6.45, 7) is 4.95. The molecule has 0 radical (unpaired) electrons. The molecule has 0 unspecified atom stereocenters. The highest BCUT2D eigenvalue weighted by atomic mass is 35.5. The number of fused-ring (bicyclic) bond motifs is 4. The van der Waals surface area contributed by atoms with Crippen molar-refractivity contribution in [3.05, 3.63) is 81.5 Å². The van der Waals surface area contributed by atoms with Crippen LogP contribution in [0.5, 0.6) is 0 Å². The average molecular weight is 388 g/mol. The summed E-state index contributed by atoms with van der Waals surface area (Å²) in [7, 11) is 0. The Bertz CT molecular complexity index is 1440. The molecule has 0 fully saturated rings. The quantitative estimate of drug-likeness (QED) is 0.344. The molecule has 0 saturated carbocycles. The Labute approximate surface area is 166 Å². The van der Waals surface area contributed by atoms with E-state index < -0.39 is 0 Å². The molecule has 0 N–H and O–H groups in total. The lowest BCUT2D eigenvalue weighted by Gasteiger charge is -2.06. The molecule has 0 aliphatic heterocycles. The molecule has 0 aliphatic rings. The fourth-order valence-electron chi connectivity index (χ4n) is 3.97. The van der Waals surface area contributed by atoms with E-state index in [1.54, 1.807) is 12.1 Å². The van der Waals surface area contributed by atoms with Gasteiger partial charge in [0, 0.05) is 45.0 Å². The predicted molar refractivity (Wildman–Crippen MR) is 116 cm³/mol. The molecule has 2 heterocycles. The molecule has 0 spiro atoms. The van der Waals surface area contributed by atoms with E-state index in [0.29, 0.717) is 21.8 Å². The van der Waals surface area contributed by atoms with E-state index in [1.165, 1.54) is 16.4 Å². The lowest BCUT2D eigenvalue weighted by atomic mass is 10.1. The van der Waals surface area contributed by atoms with Crippen LogP contribution in [0.4, 0.5) is 0 Å². The van der Waals surface area contributed by atoms with Crippen molar-refractivity contribution >= 4 is 44.4 Å². The van der Waals surface area contributed by atoms with Gasteiger partial charge in [-0.1, -0.05) is 29.8 Å². The van der Waals surface area contributed by atoms with E-state index in [9.17, 15) is 4.79 Å². The number of hydrogen-bond acceptors (Lipinski definition) is 2. The topological polar surface area (TPSA) is 35.1 Å². The van der Waals surface area contributed by atoms with Gasteiger partial charge >= 0.3 is 0 Å². The molecule has 5 rings (SSSR count). The molecule has 3 nitrogen and oxygen atoms in total. The second kappa shape index (κ2) is 6.25. The number of halogens is 1.